The van der Waals surface area contributed by atoms with Crippen LogP contribution in [0.5, 0.6) is 0 Å². The lowest BCUT2D eigenvalue weighted by atomic mass is 9.74. The fourth-order valence-electron chi connectivity index (χ4n) is 4.22. The number of ether oxygens (including phenoxy) is 2. The molecular formula is C22H32N2O4. The van der Waals surface area contributed by atoms with Gasteiger partial charge in [0, 0.05) is 6.54 Å². The summed E-state index contributed by atoms with van der Waals surface area (Å²) in [5.41, 5.74) is 3.25. The molecule has 1 saturated heterocycles. The van der Waals surface area contributed by atoms with Crippen LogP contribution in [0.25, 0.3) is 0 Å². The largest absolute Gasteiger partial charge is 0.460 e. The number of hydrogen-bond acceptors (Lipinski definition) is 5. The minimum atomic E-state index is -0.511. The highest BCUT2D eigenvalue weighted by atomic mass is 16.6. The molecular weight excluding hydrogens is 356 g/mol. The second-order valence-corrected chi connectivity index (χ2v) is 8.96. The van der Waals surface area contributed by atoms with Crippen molar-refractivity contribution in [1.29, 1.82) is 0 Å². The molecule has 1 spiro atoms. The molecule has 6 nitrogen and oxygen atoms in total. The first-order chi connectivity index (χ1) is 13.3. The van der Waals surface area contributed by atoms with Crippen LogP contribution in [0.1, 0.15) is 64.9 Å². The topological polar surface area (TPSA) is 67.9 Å². The minimum absolute atomic E-state index is 0.192. The van der Waals surface area contributed by atoms with Gasteiger partial charge in [-0.15, -0.1) is 0 Å². The summed E-state index contributed by atoms with van der Waals surface area (Å²) in [5, 5.41) is 1.66. The van der Waals surface area contributed by atoms with Gasteiger partial charge in [0.15, 0.2) is 0 Å². The predicted octanol–water partition coefficient (Wildman–Crippen LogP) is 4.19. The average molecular weight is 389 g/mol. The van der Waals surface area contributed by atoms with Crippen molar-refractivity contribution in [1.82, 2.24) is 10.4 Å². The van der Waals surface area contributed by atoms with Gasteiger partial charge in [-0.3, -0.25) is 4.79 Å². The molecule has 2 aliphatic rings. The molecule has 154 valence electrons. The zero-order valence-corrected chi connectivity index (χ0v) is 17.2. The molecule has 1 aliphatic carbocycles. The first kappa shape index (κ1) is 20.6. The molecule has 1 N–H and O–H groups in total. The fourth-order valence-corrected chi connectivity index (χ4v) is 4.22. The van der Waals surface area contributed by atoms with Gasteiger partial charge < -0.3 is 9.47 Å². The Morgan fingerprint density at radius 1 is 1.14 bits per heavy atom. The molecule has 1 aromatic rings. The van der Waals surface area contributed by atoms with Crippen LogP contribution in [0.4, 0.5) is 4.79 Å². The van der Waals surface area contributed by atoms with Crippen LogP contribution in [0.2, 0.25) is 0 Å². The smallest absolute Gasteiger partial charge is 0.425 e. The van der Waals surface area contributed by atoms with E-state index in [1.807, 2.05) is 51.1 Å². The molecule has 0 bridgehead atoms. The highest BCUT2D eigenvalue weighted by Crippen LogP contribution is 2.41. The highest BCUT2D eigenvalue weighted by Gasteiger charge is 2.48. The minimum Gasteiger partial charge on any atom is -0.460 e. The zero-order valence-electron chi connectivity index (χ0n) is 17.2. The molecule has 1 heterocycles. The van der Waals surface area contributed by atoms with Crippen LogP contribution in [-0.4, -0.2) is 34.8 Å². The molecule has 1 aromatic carbocycles. The number of nitrogens with one attached hydrogen (secondary N) is 1. The average Bonchev–Trinajstić information content (AvgIpc) is 2.66. The summed E-state index contributed by atoms with van der Waals surface area (Å²) in [6, 6.07) is 9.66. The Balaban J connectivity index is 1.69. The third-order valence-corrected chi connectivity index (χ3v) is 5.51. The molecule has 0 aromatic heterocycles. The second-order valence-electron chi connectivity index (χ2n) is 8.96. The first-order valence-electron chi connectivity index (χ1n) is 10.3. The maximum atomic E-state index is 12.9. The molecule has 1 aliphatic heterocycles. The van der Waals surface area contributed by atoms with E-state index < -0.39 is 5.60 Å². The van der Waals surface area contributed by atoms with Crippen LogP contribution < -0.4 is 5.43 Å². The van der Waals surface area contributed by atoms with Crippen LogP contribution in [0.15, 0.2) is 30.3 Å². The van der Waals surface area contributed by atoms with Gasteiger partial charge in [-0.05, 0) is 45.6 Å². The molecule has 1 atom stereocenters. The van der Waals surface area contributed by atoms with E-state index in [0.717, 1.165) is 37.7 Å². The first-order valence-corrected chi connectivity index (χ1v) is 10.3. The number of hydrazine groups is 1. The van der Waals surface area contributed by atoms with Crippen molar-refractivity contribution in [3.8, 4) is 0 Å². The predicted molar refractivity (Wildman–Crippen MR) is 106 cm³/mol. The number of rotatable bonds is 3. The molecule has 0 radical (unpaired) electrons. The summed E-state index contributed by atoms with van der Waals surface area (Å²) in [6.07, 6.45) is 5.25. The van der Waals surface area contributed by atoms with E-state index in [1.54, 1.807) is 5.01 Å². The molecule has 1 amide bonds. The normalized spacial score (nSPS) is 22.0. The second kappa shape index (κ2) is 8.52. The van der Waals surface area contributed by atoms with Crippen molar-refractivity contribution in [2.75, 3.05) is 6.54 Å². The lowest BCUT2D eigenvalue weighted by Gasteiger charge is -2.50. The summed E-state index contributed by atoms with van der Waals surface area (Å²) < 4.78 is 11.2. The maximum Gasteiger partial charge on any atom is 0.425 e. The van der Waals surface area contributed by atoms with E-state index in [1.165, 1.54) is 0 Å². The third kappa shape index (κ3) is 5.04. The van der Waals surface area contributed by atoms with Crippen molar-refractivity contribution < 1.29 is 19.1 Å². The molecule has 3 rings (SSSR count). The number of carbonyl (C=O) groups is 2. The Kier molecular flexibility index (Phi) is 6.28. The van der Waals surface area contributed by atoms with Crippen molar-refractivity contribution in [3.63, 3.8) is 0 Å². The molecule has 1 unspecified atom stereocenters. The summed E-state index contributed by atoms with van der Waals surface area (Å²) in [6.45, 7) is 6.26. The summed E-state index contributed by atoms with van der Waals surface area (Å²) >= 11 is 0. The van der Waals surface area contributed by atoms with Crippen LogP contribution in [-0.2, 0) is 20.9 Å². The van der Waals surface area contributed by atoms with E-state index in [2.05, 4.69) is 5.43 Å². The van der Waals surface area contributed by atoms with Crippen LogP contribution >= 0.6 is 0 Å². The summed E-state index contributed by atoms with van der Waals surface area (Å²) in [5.74, 6) is -0.447. The number of amides is 1. The van der Waals surface area contributed by atoms with Gasteiger partial charge in [-0.25, -0.2) is 15.2 Å². The van der Waals surface area contributed by atoms with Gasteiger partial charge in [0.2, 0.25) is 0 Å². The third-order valence-electron chi connectivity index (χ3n) is 5.51. The van der Waals surface area contributed by atoms with Gasteiger partial charge in [0.05, 0.1) is 11.5 Å². The van der Waals surface area contributed by atoms with Gasteiger partial charge in [-0.1, -0.05) is 49.6 Å². The monoisotopic (exact) mass is 388 g/mol. The fraction of sp³-hybridized carbons (Fsp3) is 0.636. The number of esters is 1. The number of nitrogens with zero attached hydrogens (tertiary/aromatic N) is 1. The Morgan fingerprint density at radius 2 is 1.82 bits per heavy atom. The number of hydrogen-bond donors (Lipinski definition) is 1. The van der Waals surface area contributed by atoms with Crippen molar-refractivity contribution in [3.05, 3.63) is 35.9 Å². The quantitative estimate of drug-likeness (QED) is 0.786. The molecule has 1 saturated carbocycles. The molecule has 28 heavy (non-hydrogen) atoms. The van der Waals surface area contributed by atoms with E-state index in [-0.39, 0.29) is 30.1 Å². The lowest BCUT2D eigenvalue weighted by molar-refractivity contribution is -0.165. The van der Waals surface area contributed by atoms with Crippen molar-refractivity contribution >= 4 is 12.1 Å². The van der Waals surface area contributed by atoms with Gasteiger partial charge >= 0.3 is 12.1 Å². The van der Waals surface area contributed by atoms with E-state index in [9.17, 15) is 9.59 Å². The van der Waals surface area contributed by atoms with Gasteiger partial charge in [-0.2, -0.15) is 0 Å². The Bertz CT molecular complexity index is 678. The van der Waals surface area contributed by atoms with Crippen molar-refractivity contribution in [2.45, 2.75) is 77.0 Å². The standard InChI is InChI=1S/C22H32N2O4/c1-21(2,3)28-19(25)18-14-22(12-8-5-9-13-22)24(23-15-18)20(26)27-16-17-10-6-4-7-11-17/h4,6-7,10-11,18,23H,5,8-9,12-16H2,1-3H3. The molecule has 6 heteroatoms. The number of carbonyl (C=O) groups excluding carboxylic acids is 2. The van der Waals surface area contributed by atoms with Crippen molar-refractivity contribution in [2.24, 2.45) is 5.92 Å². The summed E-state index contributed by atoms with van der Waals surface area (Å²) in [4.78, 5) is 25.5. The van der Waals surface area contributed by atoms with Gasteiger partial charge in [0.1, 0.15) is 12.2 Å². The Labute approximate surface area is 167 Å². The maximum absolute atomic E-state index is 12.9. The number of benzene rings is 1. The van der Waals surface area contributed by atoms with Crippen LogP contribution in [0.3, 0.4) is 0 Å². The summed E-state index contributed by atoms with van der Waals surface area (Å²) in [7, 11) is 0. The van der Waals surface area contributed by atoms with Crippen LogP contribution in [0, 0.1) is 5.92 Å². The SMILES string of the molecule is CC(C)(C)OC(=O)C1CNN(C(=O)OCc2ccccc2)C2(CCCCC2)C1. The Morgan fingerprint density at radius 3 is 2.46 bits per heavy atom. The van der Waals surface area contributed by atoms with Gasteiger partial charge in [0.25, 0.3) is 0 Å². The van der Waals surface area contributed by atoms with E-state index in [4.69, 9.17) is 9.47 Å². The van der Waals surface area contributed by atoms with E-state index >= 15 is 0 Å². The highest BCUT2D eigenvalue weighted by molar-refractivity contribution is 5.74. The zero-order chi connectivity index (χ0) is 20.2. The Hall–Kier alpha value is -2.08. The lowest BCUT2D eigenvalue weighted by Crippen LogP contribution is -2.65. The van der Waals surface area contributed by atoms with E-state index in [0.29, 0.717) is 13.0 Å². The molecule has 2 fully saturated rings.